The Bertz CT molecular complexity index is 492. The Hall–Kier alpha value is -1.36. The van der Waals surface area contributed by atoms with Crippen molar-refractivity contribution in [2.24, 2.45) is 12.8 Å². The third kappa shape index (κ3) is 2.87. The van der Waals surface area contributed by atoms with Crippen LogP contribution in [0.1, 0.15) is 43.1 Å². The molecule has 2 unspecified atom stereocenters. The van der Waals surface area contributed by atoms with Crippen LogP contribution in [0.4, 0.5) is 0 Å². The van der Waals surface area contributed by atoms with Crippen molar-refractivity contribution in [2.75, 3.05) is 6.54 Å². The molecule has 0 aromatic carbocycles. The lowest BCUT2D eigenvalue weighted by atomic mass is 9.96. The smallest absolute Gasteiger partial charge is 0.227 e. The summed E-state index contributed by atoms with van der Waals surface area (Å²) in [6, 6.07) is 0.226. The summed E-state index contributed by atoms with van der Waals surface area (Å²) in [7, 11) is 1.92. The summed E-state index contributed by atoms with van der Waals surface area (Å²) in [6.07, 6.45) is 3.71. The van der Waals surface area contributed by atoms with Crippen LogP contribution in [0.3, 0.4) is 0 Å². The van der Waals surface area contributed by atoms with E-state index in [1.807, 2.05) is 37.4 Å². The Morgan fingerprint density at radius 1 is 1.45 bits per heavy atom. The molecule has 2 heterocycles. The fraction of sp³-hybridized carbons (Fsp3) is 0.733. The first kappa shape index (κ1) is 15.0. The van der Waals surface area contributed by atoms with Crippen LogP contribution in [0.5, 0.6) is 0 Å². The number of hydrogen-bond donors (Lipinski definition) is 1. The predicted octanol–water partition coefficient (Wildman–Crippen LogP) is 1.31. The zero-order valence-electron chi connectivity index (χ0n) is 13.0. The highest BCUT2D eigenvalue weighted by atomic mass is 16.2. The summed E-state index contributed by atoms with van der Waals surface area (Å²) in [5.74, 6) is 0.186. The lowest BCUT2D eigenvalue weighted by Gasteiger charge is -2.38. The van der Waals surface area contributed by atoms with Crippen molar-refractivity contribution in [2.45, 2.75) is 58.5 Å². The van der Waals surface area contributed by atoms with Crippen molar-refractivity contribution in [3.8, 4) is 0 Å². The van der Waals surface area contributed by atoms with E-state index in [1.165, 1.54) is 6.42 Å². The lowest BCUT2D eigenvalue weighted by Crippen LogP contribution is -2.52. The molecule has 5 heteroatoms. The number of rotatable bonds is 3. The van der Waals surface area contributed by atoms with Crippen LogP contribution in [-0.4, -0.2) is 39.2 Å². The number of piperidine rings is 1. The first-order chi connectivity index (χ1) is 9.41. The number of carbonyl (C=O) groups excluding carboxylic acids is 1. The van der Waals surface area contributed by atoms with Gasteiger partial charge in [-0.25, -0.2) is 0 Å². The molecule has 5 nitrogen and oxygen atoms in total. The summed E-state index contributed by atoms with van der Waals surface area (Å²) >= 11 is 0. The van der Waals surface area contributed by atoms with Gasteiger partial charge in [-0.1, -0.05) is 0 Å². The van der Waals surface area contributed by atoms with Gasteiger partial charge in [0.15, 0.2) is 0 Å². The van der Waals surface area contributed by atoms with E-state index in [0.29, 0.717) is 6.42 Å². The van der Waals surface area contributed by atoms with Gasteiger partial charge in [0.05, 0.1) is 12.1 Å². The Labute approximate surface area is 121 Å². The molecule has 0 spiro atoms. The topological polar surface area (TPSA) is 64.2 Å². The molecule has 1 aliphatic heterocycles. The molecule has 112 valence electrons. The van der Waals surface area contributed by atoms with Crippen LogP contribution >= 0.6 is 0 Å². The van der Waals surface area contributed by atoms with E-state index in [9.17, 15) is 4.79 Å². The van der Waals surface area contributed by atoms with E-state index in [0.717, 1.165) is 36.3 Å². The first-order valence-electron chi connectivity index (χ1n) is 7.46. The summed E-state index contributed by atoms with van der Waals surface area (Å²) in [5.41, 5.74) is 9.13. The highest BCUT2D eigenvalue weighted by Gasteiger charge is 2.29. The Morgan fingerprint density at radius 3 is 2.70 bits per heavy atom. The number of nitrogens with zero attached hydrogens (tertiary/aromatic N) is 3. The van der Waals surface area contributed by atoms with Crippen LogP contribution in [0.25, 0.3) is 0 Å². The van der Waals surface area contributed by atoms with E-state index < -0.39 is 0 Å². The molecule has 0 radical (unpaired) electrons. The maximum atomic E-state index is 12.6. The molecule has 0 aliphatic carbocycles. The Balaban J connectivity index is 2.14. The largest absolute Gasteiger partial charge is 0.338 e. The van der Waals surface area contributed by atoms with E-state index in [-0.39, 0.29) is 18.0 Å². The summed E-state index contributed by atoms with van der Waals surface area (Å²) in [4.78, 5) is 14.6. The number of hydrogen-bond acceptors (Lipinski definition) is 3. The maximum absolute atomic E-state index is 12.6. The number of aromatic nitrogens is 2. The predicted molar refractivity (Wildman–Crippen MR) is 79.4 cm³/mol. The first-order valence-corrected chi connectivity index (χ1v) is 7.46. The number of likely N-dealkylation sites (tertiary alicyclic amines) is 1. The molecular formula is C15H26N4O. The maximum Gasteiger partial charge on any atom is 0.227 e. The van der Waals surface area contributed by atoms with Gasteiger partial charge >= 0.3 is 0 Å². The van der Waals surface area contributed by atoms with E-state index in [2.05, 4.69) is 5.10 Å². The Morgan fingerprint density at radius 2 is 2.15 bits per heavy atom. The molecule has 2 atom stereocenters. The van der Waals surface area contributed by atoms with Gasteiger partial charge in [-0.15, -0.1) is 0 Å². The normalized spacial score (nSPS) is 21.1. The quantitative estimate of drug-likeness (QED) is 0.906. The minimum absolute atomic E-state index is 0.0374. The van der Waals surface area contributed by atoms with E-state index >= 15 is 0 Å². The van der Waals surface area contributed by atoms with E-state index in [1.54, 1.807) is 0 Å². The van der Waals surface area contributed by atoms with Crippen LogP contribution in [-0.2, 0) is 18.3 Å². The van der Waals surface area contributed by atoms with Gasteiger partial charge in [-0.05, 0) is 40.0 Å². The van der Waals surface area contributed by atoms with Crippen molar-refractivity contribution < 1.29 is 4.79 Å². The molecule has 0 saturated carbocycles. The molecule has 1 amide bonds. The highest BCUT2D eigenvalue weighted by Crippen LogP contribution is 2.21. The molecule has 1 aromatic rings. The average molecular weight is 278 g/mol. The molecule has 0 bridgehead atoms. The molecule has 20 heavy (non-hydrogen) atoms. The number of amides is 1. The Kier molecular flexibility index (Phi) is 4.48. The highest BCUT2D eigenvalue weighted by molar-refractivity contribution is 5.79. The number of carbonyl (C=O) groups is 1. The third-order valence-electron chi connectivity index (χ3n) is 4.46. The van der Waals surface area contributed by atoms with Crippen molar-refractivity contribution in [3.05, 3.63) is 17.0 Å². The second kappa shape index (κ2) is 5.95. The minimum Gasteiger partial charge on any atom is -0.338 e. The van der Waals surface area contributed by atoms with Gasteiger partial charge in [0, 0.05) is 36.9 Å². The van der Waals surface area contributed by atoms with Crippen LogP contribution in [0.15, 0.2) is 0 Å². The van der Waals surface area contributed by atoms with Gasteiger partial charge in [0.2, 0.25) is 5.91 Å². The van der Waals surface area contributed by atoms with Crippen LogP contribution < -0.4 is 5.73 Å². The molecule has 1 saturated heterocycles. The number of nitrogens with two attached hydrogens (primary N) is 1. The van der Waals surface area contributed by atoms with Crippen molar-refractivity contribution >= 4 is 5.91 Å². The average Bonchev–Trinajstić information content (AvgIpc) is 2.65. The van der Waals surface area contributed by atoms with Crippen LogP contribution in [0, 0.1) is 13.8 Å². The van der Waals surface area contributed by atoms with E-state index in [4.69, 9.17) is 5.73 Å². The summed E-state index contributed by atoms with van der Waals surface area (Å²) < 4.78 is 1.84. The van der Waals surface area contributed by atoms with Gasteiger partial charge in [0.1, 0.15) is 0 Å². The fourth-order valence-corrected chi connectivity index (χ4v) is 3.14. The second-order valence-corrected chi connectivity index (χ2v) is 5.96. The van der Waals surface area contributed by atoms with Crippen LogP contribution in [0.2, 0.25) is 0 Å². The van der Waals surface area contributed by atoms with Crippen molar-refractivity contribution in [1.82, 2.24) is 14.7 Å². The molecule has 1 aliphatic rings. The SMILES string of the molecule is Cc1nn(C)c(C)c1CC(=O)N1CCCCC1C(C)N. The van der Waals surface area contributed by atoms with Gasteiger partial charge in [-0.2, -0.15) is 5.10 Å². The minimum atomic E-state index is 0.0374. The monoisotopic (exact) mass is 278 g/mol. The van der Waals surface area contributed by atoms with Gasteiger partial charge in [-0.3, -0.25) is 9.48 Å². The van der Waals surface area contributed by atoms with Crippen molar-refractivity contribution in [1.29, 1.82) is 0 Å². The summed E-state index contributed by atoms with van der Waals surface area (Å²) in [6.45, 7) is 6.82. The second-order valence-electron chi connectivity index (χ2n) is 5.96. The zero-order valence-corrected chi connectivity index (χ0v) is 13.0. The molecular weight excluding hydrogens is 252 g/mol. The molecule has 2 rings (SSSR count). The molecule has 1 aromatic heterocycles. The molecule has 1 fully saturated rings. The standard InChI is InChI=1S/C15H26N4O/c1-10(16)14-7-5-6-8-19(14)15(20)9-13-11(2)17-18(4)12(13)3/h10,14H,5-9,16H2,1-4H3. The number of aryl methyl sites for hydroxylation is 2. The zero-order chi connectivity index (χ0) is 14.9. The molecule has 2 N–H and O–H groups in total. The van der Waals surface area contributed by atoms with Gasteiger partial charge < -0.3 is 10.6 Å². The third-order valence-corrected chi connectivity index (χ3v) is 4.46. The van der Waals surface area contributed by atoms with Gasteiger partial charge in [0.25, 0.3) is 0 Å². The fourth-order valence-electron chi connectivity index (χ4n) is 3.14. The van der Waals surface area contributed by atoms with Crippen molar-refractivity contribution in [3.63, 3.8) is 0 Å². The summed E-state index contributed by atoms with van der Waals surface area (Å²) in [5, 5.41) is 4.38. The lowest BCUT2D eigenvalue weighted by molar-refractivity contribution is -0.134.